The van der Waals surface area contributed by atoms with Crippen LogP contribution in [0.5, 0.6) is 0 Å². The highest BCUT2D eigenvalue weighted by Crippen LogP contribution is 2.30. The molecule has 2 aromatic carbocycles. The van der Waals surface area contributed by atoms with Gasteiger partial charge in [0.05, 0.1) is 18.2 Å². The van der Waals surface area contributed by atoms with E-state index in [0.29, 0.717) is 5.69 Å². The standard InChI is InChI=1S/C20H19F3N2O4/c1-25-16(10-26)18(29-11-17(25)27)12-4-8-15(9-5-12)24-19(28)13-2-6-14(7-3-13)20(21,22)23/h2-9,16,18,26H,10-11H2,1H3,(H,24,28)/t16-,18-/m1/s1. The van der Waals surface area contributed by atoms with Gasteiger partial charge >= 0.3 is 6.18 Å². The van der Waals surface area contributed by atoms with Gasteiger partial charge in [-0.05, 0) is 42.0 Å². The van der Waals surface area contributed by atoms with Crippen LogP contribution in [0.1, 0.15) is 27.6 Å². The number of aliphatic hydroxyl groups excluding tert-OH is 1. The molecule has 1 saturated heterocycles. The Kier molecular flexibility index (Phi) is 5.90. The number of nitrogens with one attached hydrogen (secondary N) is 1. The van der Waals surface area contributed by atoms with E-state index in [1.807, 2.05) is 0 Å². The number of nitrogens with zero attached hydrogens (tertiary/aromatic N) is 1. The van der Waals surface area contributed by atoms with E-state index in [2.05, 4.69) is 5.32 Å². The number of hydrogen-bond acceptors (Lipinski definition) is 4. The molecule has 2 aromatic rings. The van der Waals surface area contributed by atoms with Crippen LogP contribution in [0.15, 0.2) is 48.5 Å². The van der Waals surface area contributed by atoms with Crippen molar-refractivity contribution >= 4 is 17.5 Å². The lowest BCUT2D eigenvalue weighted by atomic mass is 9.99. The second kappa shape index (κ2) is 8.22. The Morgan fingerprint density at radius 2 is 1.79 bits per heavy atom. The molecule has 3 rings (SSSR count). The van der Waals surface area contributed by atoms with Crippen molar-refractivity contribution in [2.45, 2.75) is 18.3 Å². The maximum atomic E-state index is 12.6. The number of morpholine rings is 1. The van der Waals surface area contributed by atoms with E-state index in [1.54, 1.807) is 31.3 Å². The Morgan fingerprint density at radius 1 is 1.17 bits per heavy atom. The van der Waals surface area contributed by atoms with Crippen molar-refractivity contribution in [2.24, 2.45) is 0 Å². The Balaban J connectivity index is 1.69. The molecule has 1 aliphatic heterocycles. The highest BCUT2D eigenvalue weighted by atomic mass is 19.4. The lowest BCUT2D eigenvalue weighted by Crippen LogP contribution is -2.50. The van der Waals surface area contributed by atoms with Gasteiger partial charge in [0.25, 0.3) is 5.91 Å². The van der Waals surface area contributed by atoms with E-state index >= 15 is 0 Å². The number of halogens is 3. The molecule has 154 valence electrons. The lowest BCUT2D eigenvalue weighted by Gasteiger charge is -2.38. The van der Waals surface area contributed by atoms with E-state index in [1.165, 1.54) is 4.90 Å². The number of hydrogen-bond donors (Lipinski definition) is 2. The summed E-state index contributed by atoms with van der Waals surface area (Å²) in [5.74, 6) is -0.764. The molecule has 0 radical (unpaired) electrons. The number of aliphatic hydroxyl groups is 1. The Bertz CT molecular complexity index is 882. The van der Waals surface area contributed by atoms with Crippen molar-refractivity contribution in [2.75, 3.05) is 25.6 Å². The summed E-state index contributed by atoms with van der Waals surface area (Å²) in [5, 5.41) is 12.2. The fraction of sp³-hybridized carbons (Fsp3) is 0.300. The minimum Gasteiger partial charge on any atom is -0.394 e. The molecule has 0 aliphatic carbocycles. The number of rotatable bonds is 4. The molecule has 0 saturated carbocycles. The summed E-state index contributed by atoms with van der Waals surface area (Å²) < 4.78 is 43.4. The Morgan fingerprint density at radius 3 is 2.34 bits per heavy atom. The number of anilines is 1. The molecule has 0 spiro atoms. The van der Waals surface area contributed by atoms with Crippen LogP contribution in [0.25, 0.3) is 0 Å². The van der Waals surface area contributed by atoms with E-state index in [4.69, 9.17) is 4.74 Å². The van der Waals surface area contributed by atoms with Crippen molar-refractivity contribution in [3.8, 4) is 0 Å². The predicted octanol–water partition coefficient (Wildman–Crippen LogP) is 2.85. The van der Waals surface area contributed by atoms with Crippen molar-refractivity contribution in [3.05, 3.63) is 65.2 Å². The van der Waals surface area contributed by atoms with Gasteiger partial charge in [-0.3, -0.25) is 9.59 Å². The van der Waals surface area contributed by atoms with Gasteiger partial charge in [-0.25, -0.2) is 0 Å². The van der Waals surface area contributed by atoms with E-state index in [0.717, 1.165) is 29.8 Å². The zero-order chi connectivity index (χ0) is 21.2. The molecule has 9 heteroatoms. The van der Waals surface area contributed by atoms with Gasteiger partial charge in [0.2, 0.25) is 5.91 Å². The summed E-state index contributed by atoms with van der Waals surface area (Å²) in [6, 6.07) is 10.0. The normalized spacial score (nSPS) is 19.9. The van der Waals surface area contributed by atoms with E-state index in [9.17, 15) is 27.9 Å². The van der Waals surface area contributed by atoms with Crippen LogP contribution >= 0.6 is 0 Å². The van der Waals surface area contributed by atoms with Gasteiger partial charge in [-0.1, -0.05) is 12.1 Å². The van der Waals surface area contributed by atoms with Gasteiger partial charge < -0.3 is 20.1 Å². The molecule has 2 atom stereocenters. The molecule has 1 aliphatic rings. The molecule has 0 unspecified atom stereocenters. The summed E-state index contributed by atoms with van der Waals surface area (Å²) in [4.78, 5) is 25.4. The highest BCUT2D eigenvalue weighted by Gasteiger charge is 2.35. The van der Waals surface area contributed by atoms with Gasteiger partial charge in [0, 0.05) is 18.3 Å². The number of amides is 2. The second-order valence-electron chi connectivity index (χ2n) is 6.64. The van der Waals surface area contributed by atoms with Crippen molar-refractivity contribution < 1.29 is 32.6 Å². The first-order valence-electron chi connectivity index (χ1n) is 8.77. The molecule has 2 N–H and O–H groups in total. The zero-order valence-electron chi connectivity index (χ0n) is 15.4. The monoisotopic (exact) mass is 408 g/mol. The Labute approximate surface area is 164 Å². The summed E-state index contributed by atoms with van der Waals surface area (Å²) in [6.07, 6.45) is -4.97. The number of carbonyl (C=O) groups is 2. The zero-order valence-corrected chi connectivity index (χ0v) is 15.4. The largest absolute Gasteiger partial charge is 0.416 e. The number of benzene rings is 2. The number of ether oxygens (including phenoxy) is 1. The van der Waals surface area contributed by atoms with Crippen molar-refractivity contribution in [3.63, 3.8) is 0 Å². The van der Waals surface area contributed by atoms with Crippen molar-refractivity contribution in [1.29, 1.82) is 0 Å². The van der Waals surface area contributed by atoms with E-state index < -0.39 is 29.8 Å². The SMILES string of the molecule is CN1C(=O)CO[C@H](c2ccc(NC(=O)c3ccc(C(F)(F)F)cc3)cc2)[C@H]1CO. The molecule has 29 heavy (non-hydrogen) atoms. The quantitative estimate of drug-likeness (QED) is 0.816. The van der Waals surface area contributed by atoms with Crippen LogP contribution in [0.3, 0.4) is 0 Å². The third-order valence-corrected chi connectivity index (χ3v) is 4.79. The predicted molar refractivity (Wildman–Crippen MR) is 98.2 cm³/mol. The fourth-order valence-electron chi connectivity index (χ4n) is 3.07. The second-order valence-corrected chi connectivity index (χ2v) is 6.64. The molecule has 1 fully saturated rings. The van der Waals surface area contributed by atoms with Gasteiger partial charge in [-0.2, -0.15) is 13.2 Å². The molecule has 0 aromatic heterocycles. The lowest BCUT2D eigenvalue weighted by molar-refractivity contribution is -0.157. The van der Waals surface area contributed by atoms with Crippen LogP contribution in [0.4, 0.5) is 18.9 Å². The maximum absolute atomic E-state index is 12.6. The fourth-order valence-corrected chi connectivity index (χ4v) is 3.07. The first-order chi connectivity index (χ1) is 13.7. The van der Waals surface area contributed by atoms with Crippen LogP contribution in [-0.4, -0.2) is 48.1 Å². The minimum absolute atomic E-state index is 0.0932. The molecule has 2 amide bonds. The first-order valence-corrected chi connectivity index (χ1v) is 8.77. The highest BCUT2D eigenvalue weighted by molar-refractivity contribution is 6.04. The topological polar surface area (TPSA) is 78.9 Å². The van der Waals surface area contributed by atoms with Crippen LogP contribution in [-0.2, 0) is 15.7 Å². The summed E-state index contributed by atoms with van der Waals surface area (Å²) in [7, 11) is 1.59. The van der Waals surface area contributed by atoms with Crippen LogP contribution in [0, 0.1) is 0 Å². The Hall–Kier alpha value is -2.91. The third kappa shape index (κ3) is 4.57. The molecular weight excluding hydrogens is 389 g/mol. The van der Waals surface area contributed by atoms with Crippen molar-refractivity contribution in [1.82, 2.24) is 4.90 Å². The first kappa shape index (κ1) is 20.8. The average Bonchev–Trinajstić information content (AvgIpc) is 2.70. The maximum Gasteiger partial charge on any atom is 0.416 e. The molecule has 0 bridgehead atoms. The smallest absolute Gasteiger partial charge is 0.394 e. The van der Waals surface area contributed by atoms with Crippen LogP contribution in [0.2, 0.25) is 0 Å². The number of carbonyl (C=O) groups excluding carboxylic acids is 2. The third-order valence-electron chi connectivity index (χ3n) is 4.79. The minimum atomic E-state index is -4.46. The van der Waals surface area contributed by atoms with Crippen LogP contribution < -0.4 is 5.32 Å². The average molecular weight is 408 g/mol. The summed E-state index contributed by atoms with van der Waals surface area (Å²) in [5.41, 5.74) is 0.432. The molecular formula is C20H19F3N2O4. The van der Waals surface area contributed by atoms with Gasteiger partial charge in [-0.15, -0.1) is 0 Å². The van der Waals surface area contributed by atoms with Gasteiger partial charge in [0.1, 0.15) is 12.7 Å². The summed E-state index contributed by atoms with van der Waals surface area (Å²) >= 11 is 0. The molecule has 6 nitrogen and oxygen atoms in total. The van der Waals surface area contributed by atoms with E-state index in [-0.39, 0.29) is 24.7 Å². The number of alkyl halides is 3. The molecule has 1 heterocycles. The number of likely N-dealkylation sites (N-methyl/N-ethyl adjacent to an activating group) is 1. The van der Waals surface area contributed by atoms with Gasteiger partial charge in [0.15, 0.2) is 0 Å². The summed E-state index contributed by atoms with van der Waals surface area (Å²) in [6.45, 7) is -0.358.